The second kappa shape index (κ2) is 7.39. The van der Waals surface area contributed by atoms with Crippen molar-refractivity contribution in [3.05, 3.63) is 46.6 Å². The van der Waals surface area contributed by atoms with Gasteiger partial charge < -0.3 is 10.0 Å². The van der Waals surface area contributed by atoms with Gasteiger partial charge in [-0.05, 0) is 18.6 Å². The standard InChI is InChI=1S/C15H18N4O4/c1-2-9-18(10-8-12(20)21)14(22)13-16-15(23)19(17-13)11-6-4-3-5-7-11/h3-7H,2,8-10H2,1H3,(H,20,21)(H,16,17,23). The van der Waals surface area contributed by atoms with Gasteiger partial charge >= 0.3 is 11.7 Å². The monoisotopic (exact) mass is 318 g/mol. The second-order valence-corrected chi connectivity index (χ2v) is 4.96. The number of benzene rings is 1. The molecule has 0 fully saturated rings. The molecule has 1 aromatic heterocycles. The summed E-state index contributed by atoms with van der Waals surface area (Å²) >= 11 is 0. The van der Waals surface area contributed by atoms with E-state index in [4.69, 9.17) is 5.11 Å². The summed E-state index contributed by atoms with van der Waals surface area (Å²) in [4.78, 5) is 38.9. The number of carboxylic acids is 1. The topological polar surface area (TPSA) is 108 Å². The average Bonchev–Trinajstić information content (AvgIpc) is 2.93. The largest absolute Gasteiger partial charge is 0.481 e. The van der Waals surface area contributed by atoms with Gasteiger partial charge in [0.2, 0.25) is 5.82 Å². The number of para-hydroxylation sites is 1. The Labute approximate surface area is 132 Å². The lowest BCUT2D eigenvalue weighted by Crippen LogP contribution is -2.34. The number of hydrogen-bond donors (Lipinski definition) is 2. The molecule has 1 aromatic carbocycles. The van der Waals surface area contributed by atoms with Crippen molar-refractivity contribution in [2.75, 3.05) is 13.1 Å². The quantitative estimate of drug-likeness (QED) is 0.788. The molecule has 2 rings (SSSR count). The van der Waals surface area contributed by atoms with Gasteiger partial charge in [-0.15, -0.1) is 5.10 Å². The first-order valence-corrected chi connectivity index (χ1v) is 7.28. The van der Waals surface area contributed by atoms with Crippen LogP contribution < -0.4 is 5.69 Å². The van der Waals surface area contributed by atoms with Crippen LogP contribution in [0.25, 0.3) is 5.69 Å². The smallest absolute Gasteiger partial charge is 0.348 e. The zero-order valence-corrected chi connectivity index (χ0v) is 12.7. The van der Waals surface area contributed by atoms with Crippen LogP contribution in [0.15, 0.2) is 35.1 Å². The number of amides is 1. The van der Waals surface area contributed by atoms with Crippen LogP contribution in [0.2, 0.25) is 0 Å². The van der Waals surface area contributed by atoms with Crippen molar-refractivity contribution >= 4 is 11.9 Å². The van der Waals surface area contributed by atoms with Crippen LogP contribution in [0.1, 0.15) is 30.4 Å². The van der Waals surface area contributed by atoms with Crippen molar-refractivity contribution in [3.8, 4) is 5.69 Å². The van der Waals surface area contributed by atoms with Crippen LogP contribution in [0.4, 0.5) is 0 Å². The van der Waals surface area contributed by atoms with Crippen molar-refractivity contribution in [2.24, 2.45) is 0 Å². The van der Waals surface area contributed by atoms with E-state index >= 15 is 0 Å². The van der Waals surface area contributed by atoms with E-state index in [1.807, 2.05) is 13.0 Å². The lowest BCUT2D eigenvalue weighted by Gasteiger charge is -2.19. The Kier molecular flexibility index (Phi) is 5.29. The van der Waals surface area contributed by atoms with Gasteiger partial charge in [0.05, 0.1) is 12.1 Å². The third-order valence-electron chi connectivity index (χ3n) is 3.20. The van der Waals surface area contributed by atoms with Crippen LogP contribution >= 0.6 is 0 Å². The SMILES string of the molecule is CCCN(CCC(=O)O)C(=O)c1nn(-c2ccccc2)c(=O)[nH]1. The fourth-order valence-electron chi connectivity index (χ4n) is 2.13. The lowest BCUT2D eigenvalue weighted by molar-refractivity contribution is -0.137. The molecule has 0 atom stereocenters. The number of aromatic nitrogens is 3. The summed E-state index contributed by atoms with van der Waals surface area (Å²) in [6.07, 6.45) is 0.518. The Hall–Kier alpha value is -2.90. The lowest BCUT2D eigenvalue weighted by atomic mass is 10.3. The minimum atomic E-state index is -0.984. The number of carboxylic acid groups (broad SMARTS) is 1. The number of rotatable bonds is 7. The van der Waals surface area contributed by atoms with Gasteiger partial charge in [-0.2, -0.15) is 4.68 Å². The van der Waals surface area contributed by atoms with E-state index in [0.29, 0.717) is 18.7 Å². The predicted octanol–water partition coefficient (Wildman–Crippen LogP) is 0.887. The first-order chi connectivity index (χ1) is 11.0. The second-order valence-electron chi connectivity index (χ2n) is 4.96. The summed E-state index contributed by atoms with van der Waals surface area (Å²) in [7, 11) is 0. The van der Waals surface area contributed by atoms with Gasteiger partial charge in [0.1, 0.15) is 0 Å². The number of nitrogens with one attached hydrogen (secondary N) is 1. The van der Waals surface area contributed by atoms with Gasteiger partial charge in [0.15, 0.2) is 0 Å². The molecule has 0 unspecified atom stereocenters. The Morgan fingerprint density at radius 1 is 1.26 bits per heavy atom. The molecule has 8 heteroatoms. The third-order valence-corrected chi connectivity index (χ3v) is 3.20. The van der Waals surface area contributed by atoms with Gasteiger partial charge in [-0.3, -0.25) is 14.6 Å². The molecule has 1 heterocycles. The molecule has 0 aliphatic carbocycles. The zero-order valence-electron chi connectivity index (χ0n) is 12.7. The zero-order chi connectivity index (χ0) is 16.8. The van der Waals surface area contributed by atoms with Crippen LogP contribution in [0.5, 0.6) is 0 Å². The minimum Gasteiger partial charge on any atom is -0.481 e. The first kappa shape index (κ1) is 16.5. The maximum absolute atomic E-state index is 12.4. The number of H-pyrrole nitrogens is 1. The molecule has 0 spiro atoms. The van der Waals surface area contributed by atoms with E-state index in [1.165, 1.54) is 4.90 Å². The molecular formula is C15H18N4O4. The van der Waals surface area contributed by atoms with E-state index in [1.54, 1.807) is 24.3 Å². The fourth-order valence-corrected chi connectivity index (χ4v) is 2.13. The molecule has 23 heavy (non-hydrogen) atoms. The Balaban J connectivity index is 2.24. The molecule has 2 aromatic rings. The van der Waals surface area contributed by atoms with Crippen molar-refractivity contribution in [3.63, 3.8) is 0 Å². The van der Waals surface area contributed by atoms with Gasteiger partial charge in [0.25, 0.3) is 5.91 Å². The number of aromatic amines is 1. The van der Waals surface area contributed by atoms with Crippen LogP contribution in [-0.4, -0.2) is 49.7 Å². The maximum Gasteiger partial charge on any atom is 0.348 e. The number of carbonyl (C=O) groups is 2. The molecule has 0 aliphatic heterocycles. The molecule has 0 saturated carbocycles. The fraction of sp³-hybridized carbons (Fsp3) is 0.333. The molecule has 0 saturated heterocycles. The summed E-state index contributed by atoms with van der Waals surface area (Å²) < 4.78 is 1.11. The highest BCUT2D eigenvalue weighted by Gasteiger charge is 2.21. The molecule has 1 amide bonds. The predicted molar refractivity (Wildman–Crippen MR) is 82.6 cm³/mol. The highest BCUT2D eigenvalue weighted by molar-refractivity contribution is 5.90. The number of aliphatic carboxylic acids is 1. The Morgan fingerprint density at radius 3 is 2.57 bits per heavy atom. The molecule has 0 radical (unpaired) electrons. The van der Waals surface area contributed by atoms with E-state index < -0.39 is 17.6 Å². The highest BCUT2D eigenvalue weighted by atomic mass is 16.4. The molecule has 0 aliphatic rings. The summed E-state index contributed by atoms with van der Waals surface area (Å²) in [5, 5.41) is 12.8. The highest BCUT2D eigenvalue weighted by Crippen LogP contribution is 2.05. The molecular weight excluding hydrogens is 300 g/mol. The summed E-state index contributed by atoms with van der Waals surface area (Å²) in [5.74, 6) is -1.57. The normalized spacial score (nSPS) is 10.5. The van der Waals surface area contributed by atoms with Gasteiger partial charge in [0, 0.05) is 13.1 Å². The number of carbonyl (C=O) groups excluding carboxylic acids is 1. The van der Waals surface area contributed by atoms with Crippen LogP contribution in [0, 0.1) is 0 Å². The van der Waals surface area contributed by atoms with Crippen molar-refractivity contribution in [1.29, 1.82) is 0 Å². The van der Waals surface area contributed by atoms with E-state index in [0.717, 1.165) is 4.68 Å². The van der Waals surface area contributed by atoms with Gasteiger partial charge in [-0.25, -0.2) is 4.79 Å². The number of nitrogens with zero attached hydrogens (tertiary/aromatic N) is 3. The Morgan fingerprint density at radius 2 is 1.96 bits per heavy atom. The van der Waals surface area contributed by atoms with Crippen LogP contribution in [-0.2, 0) is 4.79 Å². The summed E-state index contributed by atoms with van der Waals surface area (Å²) in [6.45, 7) is 2.35. The van der Waals surface area contributed by atoms with E-state index in [-0.39, 0.29) is 18.8 Å². The van der Waals surface area contributed by atoms with Crippen LogP contribution in [0.3, 0.4) is 0 Å². The molecule has 122 valence electrons. The Bertz CT molecular complexity index is 735. The first-order valence-electron chi connectivity index (χ1n) is 7.28. The van der Waals surface area contributed by atoms with Crippen molar-refractivity contribution in [1.82, 2.24) is 19.7 Å². The molecule has 8 nitrogen and oxygen atoms in total. The summed E-state index contributed by atoms with van der Waals surface area (Å²) in [5.41, 5.74) is 0.0228. The summed E-state index contributed by atoms with van der Waals surface area (Å²) in [6, 6.07) is 8.72. The maximum atomic E-state index is 12.4. The van der Waals surface area contributed by atoms with Crippen molar-refractivity contribution in [2.45, 2.75) is 19.8 Å². The average molecular weight is 318 g/mol. The molecule has 2 N–H and O–H groups in total. The molecule has 0 bridgehead atoms. The third kappa shape index (κ3) is 4.06. The van der Waals surface area contributed by atoms with E-state index in [9.17, 15) is 14.4 Å². The van der Waals surface area contributed by atoms with Gasteiger partial charge in [-0.1, -0.05) is 25.1 Å². The minimum absolute atomic E-state index is 0.0717. The van der Waals surface area contributed by atoms with Crippen molar-refractivity contribution < 1.29 is 14.7 Å². The van der Waals surface area contributed by atoms with E-state index in [2.05, 4.69) is 10.1 Å². The number of hydrogen-bond acceptors (Lipinski definition) is 4.